The van der Waals surface area contributed by atoms with Crippen LogP contribution in [0.5, 0.6) is 0 Å². The largest absolute Gasteiger partial charge is 0.469 e. The monoisotopic (exact) mass is 429 g/mol. The summed E-state index contributed by atoms with van der Waals surface area (Å²) in [6, 6.07) is 7.30. The Bertz CT molecular complexity index is 589. The van der Waals surface area contributed by atoms with E-state index in [4.69, 9.17) is 4.74 Å². The van der Waals surface area contributed by atoms with Crippen molar-refractivity contribution in [2.45, 2.75) is 37.3 Å². The Morgan fingerprint density at radius 2 is 2.13 bits per heavy atom. The highest BCUT2D eigenvalue weighted by molar-refractivity contribution is 14.1. The van der Waals surface area contributed by atoms with Crippen molar-refractivity contribution in [1.29, 1.82) is 0 Å². The van der Waals surface area contributed by atoms with E-state index in [0.717, 1.165) is 31.4 Å². The maximum Gasteiger partial charge on any atom is 0.310 e. The molecule has 2 heterocycles. The van der Waals surface area contributed by atoms with Crippen LogP contribution >= 0.6 is 22.6 Å². The average Bonchev–Trinajstić information content (AvgIpc) is 2.84. The number of piperidine rings is 1. The Balaban J connectivity index is 1.91. The van der Waals surface area contributed by atoms with Crippen molar-refractivity contribution >= 4 is 28.6 Å². The van der Waals surface area contributed by atoms with Crippen LogP contribution in [-0.4, -0.2) is 36.6 Å². The summed E-state index contributed by atoms with van der Waals surface area (Å²) >= 11 is 2.23. The fourth-order valence-electron chi connectivity index (χ4n) is 4.27. The fraction of sp³-hybridized carbons (Fsp3) is 0.500. The Kier molecular flexibility index (Phi) is 5.36. The van der Waals surface area contributed by atoms with Crippen LogP contribution in [0.25, 0.3) is 0 Å². The zero-order valence-electron chi connectivity index (χ0n) is 13.1. The predicted octanol–water partition coefficient (Wildman–Crippen LogP) is 3.88. The summed E-state index contributed by atoms with van der Waals surface area (Å²) in [5.41, 5.74) is 1.04. The molecule has 3 nitrogen and oxygen atoms in total. The summed E-state index contributed by atoms with van der Waals surface area (Å²) < 4.78 is 20.4. The van der Waals surface area contributed by atoms with E-state index in [1.54, 1.807) is 0 Å². The molecule has 0 radical (unpaired) electrons. The van der Waals surface area contributed by atoms with E-state index in [9.17, 15) is 9.18 Å². The van der Waals surface area contributed by atoms with Crippen LogP contribution in [0.15, 0.2) is 34.4 Å². The first-order valence-electron chi connectivity index (χ1n) is 8.00. The van der Waals surface area contributed by atoms with Gasteiger partial charge in [-0.25, -0.2) is 4.39 Å². The van der Waals surface area contributed by atoms with Gasteiger partial charge in [0.05, 0.1) is 13.0 Å². The zero-order chi connectivity index (χ0) is 16.4. The van der Waals surface area contributed by atoms with Crippen molar-refractivity contribution in [2.75, 3.05) is 13.7 Å². The Labute approximate surface area is 150 Å². The molecule has 1 aromatic rings. The van der Waals surface area contributed by atoms with Crippen molar-refractivity contribution in [3.05, 3.63) is 45.8 Å². The van der Waals surface area contributed by atoms with Crippen LogP contribution in [0.3, 0.4) is 0 Å². The second-order valence-electron chi connectivity index (χ2n) is 6.30. The number of carbonyl (C=O) groups is 1. The van der Waals surface area contributed by atoms with E-state index < -0.39 is 0 Å². The van der Waals surface area contributed by atoms with Gasteiger partial charge in [-0.15, -0.1) is 0 Å². The van der Waals surface area contributed by atoms with Gasteiger partial charge in [0.2, 0.25) is 0 Å². The van der Waals surface area contributed by atoms with Crippen LogP contribution in [0, 0.1) is 11.7 Å². The predicted molar refractivity (Wildman–Crippen MR) is 95.9 cm³/mol. The first-order chi connectivity index (χ1) is 11.2. The summed E-state index contributed by atoms with van der Waals surface area (Å²) in [5.74, 6) is -0.448. The molecule has 2 saturated heterocycles. The third kappa shape index (κ3) is 3.31. The number of halogens is 2. The zero-order valence-corrected chi connectivity index (χ0v) is 15.3. The minimum Gasteiger partial charge on any atom is -0.469 e. The van der Waals surface area contributed by atoms with Crippen molar-refractivity contribution < 1.29 is 13.9 Å². The Hall–Kier alpha value is -0.950. The highest BCUT2D eigenvalue weighted by Crippen LogP contribution is 2.47. The van der Waals surface area contributed by atoms with Crippen LogP contribution in [-0.2, 0) is 9.53 Å². The number of rotatable bonds is 4. The molecule has 124 valence electrons. The summed E-state index contributed by atoms with van der Waals surface area (Å²) in [6.07, 6.45) is 5.21. The molecule has 2 aliphatic heterocycles. The Morgan fingerprint density at radius 3 is 2.78 bits per heavy atom. The lowest BCUT2D eigenvalue weighted by molar-refractivity contribution is -0.150. The smallest absolute Gasteiger partial charge is 0.310 e. The second-order valence-corrected chi connectivity index (χ2v) is 7.02. The highest BCUT2D eigenvalue weighted by Gasteiger charge is 2.50. The van der Waals surface area contributed by atoms with Crippen LogP contribution in [0.2, 0.25) is 0 Å². The Morgan fingerprint density at radius 1 is 1.39 bits per heavy atom. The number of esters is 1. The lowest BCUT2D eigenvalue weighted by atomic mass is 9.76. The molecule has 2 bridgehead atoms. The van der Waals surface area contributed by atoms with Gasteiger partial charge >= 0.3 is 5.97 Å². The lowest BCUT2D eigenvalue weighted by Gasteiger charge is -2.43. The van der Waals surface area contributed by atoms with Gasteiger partial charge in [-0.1, -0.05) is 40.8 Å². The number of ether oxygens (including phenoxy) is 1. The maximum absolute atomic E-state index is 13.2. The number of benzene rings is 1. The third-order valence-corrected chi connectivity index (χ3v) is 5.75. The molecule has 0 N–H and O–H groups in total. The van der Waals surface area contributed by atoms with Crippen molar-refractivity contribution in [3.63, 3.8) is 0 Å². The average molecular weight is 429 g/mol. The van der Waals surface area contributed by atoms with Gasteiger partial charge in [-0.2, -0.15) is 0 Å². The topological polar surface area (TPSA) is 29.5 Å². The molecule has 0 saturated carbocycles. The summed E-state index contributed by atoms with van der Waals surface area (Å²) in [6.45, 7) is 0.877. The highest BCUT2D eigenvalue weighted by atomic mass is 127. The molecule has 5 heteroatoms. The van der Waals surface area contributed by atoms with E-state index in [2.05, 4.69) is 33.6 Å². The first-order valence-corrected chi connectivity index (χ1v) is 9.24. The van der Waals surface area contributed by atoms with Gasteiger partial charge in [-0.3, -0.25) is 9.69 Å². The van der Waals surface area contributed by atoms with Crippen LogP contribution in [0.4, 0.5) is 4.39 Å². The molecule has 4 atom stereocenters. The quantitative estimate of drug-likeness (QED) is 0.538. The maximum atomic E-state index is 13.2. The minimum atomic E-state index is -0.240. The lowest BCUT2D eigenvalue weighted by Crippen LogP contribution is -2.50. The van der Waals surface area contributed by atoms with Gasteiger partial charge < -0.3 is 4.74 Å². The third-order valence-electron chi connectivity index (χ3n) is 5.24. The summed E-state index contributed by atoms with van der Waals surface area (Å²) in [4.78, 5) is 14.9. The molecule has 23 heavy (non-hydrogen) atoms. The van der Waals surface area contributed by atoms with Gasteiger partial charge in [0.25, 0.3) is 0 Å². The van der Waals surface area contributed by atoms with Gasteiger partial charge in [-0.05, 0) is 41.0 Å². The van der Waals surface area contributed by atoms with Crippen LogP contribution in [0.1, 0.15) is 30.7 Å². The van der Waals surface area contributed by atoms with Crippen molar-refractivity contribution in [1.82, 2.24) is 4.90 Å². The number of nitrogens with zero attached hydrogens (tertiary/aromatic N) is 1. The molecular formula is C18H21FINO2. The van der Waals surface area contributed by atoms with E-state index in [0.29, 0.717) is 6.04 Å². The number of hydrogen-bond donors (Lipinski definition) is 0. The molecule has 1 aromatic carbocycles. The van der Waals surface area contributed by atoms with Crippen molar-refractivity contribution in [3.8, 4) is 0 Å². The fourth-order valence-corrected chi connectivity index (χ4v) is 4.50. The second kappa shape index (κ2) is 7.30. The molecule has 0 amide bonds. The van der Waals surface area contributed by atoms with Crippen LogP contribution < -0.4 is 0 Å². The molecule has 3 rings (SSSR count). The molecule has 2 aliphatic rings. The first kappa shape index (κ1) is 16.9. The molecular weight excluding hydrogens is 408 g/mol. The number of carbonyl (C=O) groups excluding carboxylic acids is 1. The van der Waals surface area contributed by atoms with E-state index in [1.807, 2.05) is 16.2 Å². The SMILES string of the molecule is COC(=O)C1C2CC[C@H](C[C@@H]1c1ccc(F)cc1)N2C/C=C/I. The van der Waals surface area contributed by atoms with Gasteiger partial charge in [0, 0.05) is 24.5 Å². The van der Waals surface area contributed by atoms with Gasteiger partial charge in [0.1, 0.15) is 5.82 Å². The number of methoxy groups -OCH3 is 1. The minimum absolute atomic E-state index is 0.111. The standard InChI is InChI=1S/C18H21FINO2/c1-23-18(22)17-15(12-3-5-13(19)6-4-12)11-14-7-8-16(17)21(14)10-2-9-20/h2-6,9,14-17H,7-8,10-11H2,1H3/b9-2+/t14-,15-,16?,17?/m1/s1. The molecule has 2 unspecified atom stereocenters. The normalized spacial score (nSPS) is 30.7. The van der Waals surface area contributed by atoms with E-state index in [1.165, 1.54) is 19.2 Å². The van der Waals surface area contributed by atoms with E-state index >= 15 is 0 Å². The van der Waals surface area contributed by atoms with Gasteiger partial charge in [0.15, 0.2) is 0 Å². The van der Waals surface area contributed by atoms with Crippen molar-refractivity contribution in [2.24, 2.45) is 5.92 Å². The number of fused-ring (bicyclic) bond motifs is 2. The summed E-state index contributed by atoms with van der Waals surface area (Å²) in [5, 5.41) is 0. The van der Waals surface area contributed by atoms with E-state index in [-0.39, 0.29) is 29.7 Å². The number of hydrogen-bond acceptors (Lipinski definition) is 3. The molecule has 0 aromatic heterocycles. The molecule has 0 aliphatic carbocycles. The summed E-state index contributed by atoms with van der Waals surface area (Å²) in [7, 11) is 1.46. The molecule has 0 spiro atoms. The molecule has 2 fully saturated rings.